The van der Waals surface area contributed by atoms with Gasteiger partial charge < -0.3 is 10.8 Å². The summed E-state index contributed by atoms with van der Waals surface area (Å²) in [5, 5.41) is 12.8. The van der Waals surface area contributed by atoms with Crippen molar-refractivity contribution in [2.24, 2.45) is 5.73 Å². The van der Waals surface area contributed by atoms with E-state index in [-0.39, 0.29) is 6.42 Å². The molecule has 6 heteroatoms. The first-order valence-corrected chi connectivity index (χ1v) is 4.86. The highest BCUT2D eigenvalue weighted by atomic mass is 16.4. The number of fused-ring (bicyclic) bond motifs is 1. The Kier molecular flexibility index (Phi) is 2.57. The van der Waals surface area contributed by atoms with E-state index in [9.17, 15) is 4.79 Å². The zero-order valence-electron chi connectivity index (χ0n) is 8.79. The average Bonchev–Trinajstić information content (AvgIpc) is 2.57. The van der Waals surface area contributed by atoms with E-state index in [2.05, 4.69) is 10.1 Å². The van der Waals surface area contributed by atoms with Crippen LogP contribution in [0.5, 0.6) is 0 Å². The summed E-state index contributed by atoms with van der Waals surface area (Å²) in [7, 11) is 0. The summed E-state index contributed by atoms with van der Waals surface area (Å²) in [6, 6.07) is 2.72. The van der Waals surface area contributed by atoms with Gasteiger partial charge in [0.25, 0.3) is 0 Å². The van der Waals surface area contributed by atoms with Crippen LogP contribution in [0, 0.1) is 6.92 Å². The first kappa shape index (κ1) is 10.6. The molecule has 1 atom stereocenters. The van der Waals surface area contributed by atoms with Crippen molar-refractivity contribution in [3.05, 3.63) is 29.7 Å². The van der Waals surface area contributed by atoms with Gasteiger partial charge in [-0.1, -0.05) is 6.07 Å². The highest BCUT2D eigenvalue weighted by Crippen LogP contribution is 2.06. The van der Waals surface area contributed by atoms with Crippen molar-refractivity contribution in [1.29, 1.82) is 0 Å². The number of pyridine rings is 1. The first-order chi connectivity index (χ1) is 7.56. The Balaban J connectivity index is 2.28. The fraction of sp³-hybridized carbons (Fsp3) is 0.300. The molecule has 2 aromatic heterocycles. The molecule has 0 radical (unpaired) electrons. The Morgan fingerprint density at radius 3 is 3.06 bits per heavy atom. The van der Waals surface area contributed by atoms with Crippen molar-refractivity contribution < 1.29 is 9.90 Å². The number of aliphatic carboxylic acids is 1. The van der Waals surface area contributed by atoms with Crippen LogP contribution in [0.15, 0.2) is 18.3 Å². The van der Waals surface area contributed by atoms with Gasteiger partial charge in [-0.2, -0.15) is 5.10 Å². The van der Waals surface area contributed by atoms with E-state index in [4.69, 9.17) is 10.8 Å². The molecule has 84 valence electrons. The predicted octanol–water partition coefficient (Wildman–Crippen LogP) is -0.00788. The quantitative estimate of drug-likeness (QED) is 0.758. The van der Waals surface area contributed by atoms with Crippen molar-refractivity contribution in [3.63, 3.8) is 0 Å². The number of hydrogen-bond donors (Lipinski definition) is 2. The number of nitrogens with zero attached hydrogens (tertiary/aromatic N) is 3. The van der Waals surface area contributed by atoms with Gasteiger partial charge in [0.05, 0.1) is 0 Å². The fourth-order valence-electron chi connectivity index (χ4n) is 1.50. The van der Waals surface area contributed by atoms with Gasteiger partial charge in [0.15, 0.2) is 5.65 Å². The molecule has 0 bridgehead atoms. The van der Waals surface area contributed by atoms with Crippen molar-refractivity contribution >= 4 is 11.6 Å². The highest BCUT2D eigenvalue weighted by molar-refractivity contribution is 5.73. The second kappa shape index (κ2) is 3.90. The van der Waals surface area contributed by atoms with E-state index < -0.39 is 12.0 Å². The maximum Gasteiger partial charge on any atom is 0.320 e. The fourth-order valence-corrected chi connectivity index (χ4v) is 1.50. The summed E-state index contributed by atoms with van der Waals surface area (Å²) in [4.78, 5) is 14.8. The molecule has 1 unspecified atom stereocenters. The van der Waals surface area contributed by atoms with E-state index in [1.165, 1.54) is 0 Å². The molecule has 0 aliphatic carbocycles. The largest absolute Gasteiger partial charge is 0.480 e. The van der Waals surface area contributed by atoms with E-state index in [0.717, 1.165) is 11.2 Å². The lowest BCUT2D eigenvalue weighted by Gasteiger charge is -2.05. The SMILES string of the molecule is Cc1nc2ccc(CC(N)C(=O)O)cn2n1. The number of carbonyl (C=O) groups is 1. The highest BCUT2D eigenvalue weighted by Gasteiger charge is 2.12. The predicted molar refractivity (Wildman–Crippen MR) is 57.0 cm³/mol. The lowest BCUT2D eigenvalue weighted by atomic mass is 10.1. The summed E-state index contributed by atoms with van der Waals surface area (Å²) in [6.45, 7) is 1.80. The van der Waals surface area contributed by atoms with Crippen LogP contribution in [-0.4, -0.2) is 31.7 Å². The van der Waals surface area contributed by atoms with Gasteiger partial charge >= 0.3 is 5.97 Å². The smallest absolute Gasteiger partial charge is 0.320 e. The van der Waals surface area contributed by atoms with Gasteiger partial charge in [-0.05, 0) is 25.0 Å². The van der Waals surface area contributed by atoms with Crippen LogP contribution < -0.4 is 5.73 Å². The Morgan fingerprint density at radius 1 is 1.62 bits per heavy atom. The molecule has 0 amide bonds. The number of hydrogen-bond acceptors (Lipinski definition) is 4. The molecule has 0 saturated carbocycles. The topological polar surface area (TPSA) is 93.5 Å². The second-order valence-corrected chi connectivity index (χ2v) is 3.65. The minimum Gasteiger partial charge on any atom is -0.480 e. The molecular weight excluding hydrogens is 208 g/mol. The minimum absolute atomic E-state index is 0.282. The van der Waals surface area contributed by atoms with Crippen LogP contribution in [-0.2, 0) is 11.2 Å². The van der Waals surface area contributed by atoms with E-state index >= 15 is 0 Å². The Bertz CT molecular complexity index is 535. The lowest BCUT2D eigenvalue weighted by Crippen LogP contribution is -2.32. The van der Waals surface area contributed by atoms with Crippen molar-refractivity contribution in [2.75, 3.05) is 0 Å². The summed E-state index contributed by atoms with van der Waals surface area (Å²) >= 11 is 0. The summed E-state index contributed by atoms with van der Waals surface area (Å²) in [5.41, 5.74) is 7.02. The number of rotatable bonds is 3. The van der Waals surface area contributed by atoms with Crippen LogP contribution in [0.25, 0.3) is 5.65 Å². The van der Waals surface area contributed by atoms with Crippen molar-refractivity contribution in [3.8, 4) is 0 Å². The summed E-state index contributed by atoms with van der Waals surface area (Å²) in [6.07, 6.45) is 2.03. The van der Waals surface area contributed by atoms with Gasteiger partial charge in [0, 0.05) is 6.20 Å². The van der Waals surface area contributed by atoms with Gasteiger partial charge in [0.2, 0.25) is 0 Å². The number of aryl methyl sites for hydroxylation is 1. The first-order valence-electron chi connectivity index (χ1n) is 4.86. The molecule has 0 aliphatic heterocycles. The third-order valence-corrected chi connectivity index (χ3v) is 2.27. The molecule has 0 fully saturated rings. The van der Waals surface area contributed by atoms with Crippen LogP contribution in [0.1, 0.15) is 11.4 Å². The maximum absolute atomic E-state index is 10.6. The zero-order chi connectivity index (χ0) is 11.7. The molecule has 0 aromatic carbocycles. The summed E-state index contributed by atoms with van der Waals surface area (Å²) in [5.74, 6) is -0.324. The molecule has 2 aromatic rings. The minimum atomic E-state index is -1.00. The molecule has 0 saturated heterocycles. The molecular formula is C10H12N4O2. The molecule has 16 heavy (non-hydrogen) atoms. The third kappa shape index (κ3) is 2.01. The van der Waals surface area contributed by atoms with E-state index in [1.54, 1.807) is 23.7 Å². The number of carboxylic acid groups (broad SMARTS) is 1. The standard InChI is InChI=1S/C10H12N4O2/c1-6-12-9-3-2-7(5-14(9)13-6)4-8(11)10(15)16/h2-3,5,8H,4,11H2,1H3,(H,15,16). The molecule has 0 spiro atoms. The van der Waals surface area contributed by atoms with E-state index in [1.807, 2.05) is 6.07 Å². The molecule has 2 rings (SSSR count). The monoisotopic (exact) mass is 220 g/mol. The van der Waals surface area contributed by atoms with Crippen LogP contribution in [0.3, 0.4) is 0 Å². The van der Waals surface area contributed by atoms with E-state index in [0.29, 0.717) is 5.82 Å². The Hall–Kier alpha value is -1.95. The van der Waals surface area contributed by atoms with Crippen molar-refractivity contribution in [2.45, 2.75) is 19.4 Å². The normalized spacial score (nSPS) is 12.9. The number of nitrogens with two attached hydrogens (primary N) is 1. The average molecular weight is 220 g/mol. The zero-order valence-corrected chi connectivity index (χ0v) is 8.79. The maximum atomic E-state index is 10.6. The van der Waals surface area contributed by atoms with Gasteiger partial charge in [-0.15, -0.1) is 0 Å². The number of aromatic nitrogens is 3. The number of carboxylic acids is 1. The molecule has 3 N–H and O–H groups in total. The molecule has 0 aliphatic rings. The van der Waals surface area contributed by atoms with Gasteiger partial charge in [0.1, 0.15) is 11.9 Å². The third-order valence-electron chi connectivity index (χ3n) is 2.27. The molecule has 2 heterocycles. The van der Waals surface area contributed by atoms with Crippen LogP contribution in [0.4, 0.5) is 0 Å². The van der Waals surface area contributed by atoms with Crippen LogP contribution in [0.2, 0.25) is 0 Å². The summed E-state index contributed by atoms with van der Waals surface area (Å²) < 4.78 is 1.62. The lowest BCUT2D eigenvalue weighted by molar-refractivity contribution is -0.138. The molecule has 6 nitrogen and oxygen atoms in total. The van der Waals surface area contributed by atoms with Gasteiger partial charge in [-0.3, -0.25) is 4.79 Å². The Morgan fingerprint density at radius 2 is 2.38 bits per heavy atom. The Labute approximate surface area is 91.7 Å². The van der Waals surface area contributed by atoms with Crippen LogP contribution >= 0.6 is 0 Å². The van der Waals surface area contributed by atoms with Crippen molar-refractivity contribution in [1.82, 2.24) is 14.6 Å². The van der Waals surface area contributed by atoms with Gasteiger partial charge in [-0.25, -0.2) is 9.50 Å². The second-order valence-electron chi connectivity index (χ2n) is 3.65.